The first-order chi connectivity index (χ1) is 9.19. The highest BCUT2D eigenvalue weighted by Crippen LogP contribution is 2.28. The molecule has 3 N–H and O–H groups in total. The minimum atomic E-state index is -0.886. The van der Waals surface area contributed by atoms with E-state index in [-0.39, 0.29) is 30.6 Å². The molecule has 0 aliphatic carbocycles. The zero-order valence-corrected chi connectivity index (χ0v) is 12.2. The van der Waals surface area contributed by atoms with E-state index >= 15 is 0 Å². The number of hydrogen-bond donors (Lipinski definition) is 2. The Morgan fingerprint density at radius 2 is 1.75 bits per heavy atom. The molecule has 1 heterocycles. The van der Waals surface area contributed by atoms with Crippen molar-refractivity contribution >= 4 is 17.8 Å². The smallest absolute Gasteiger partial charge is 0.303 e. The van der Waals surface area contributed by atoms with Crippen LogP contribution in [-0.2, 0) is 14.4 Å². The Morgan fingerprint density at radius 3 is 2.20 bits per heavy atom. The molecule has 6 heteroatoms. The van der Waals surface area contributed by atoms with Gasteiger partial charge in [0.2, 0.25) is 11.8 Å². The quantitative estimate of drug-likeness (QED) is 0.759. The van der Waals surface area contributed by atoms with Crippen LogP contribution in [-0.4, -0.2) is 40.9 Å². The SMILES string of the molecule is CC(C)(CC(=O)O)CC(=O)N1CCC(CC(N)=O)CC1. The Labute approximate surface area is 119 Å². The molecule has 1 aliphatic rings. The maximum Gasteiger partial charge on any atom is 0.303 e. The average molecular weight is 284 g/mol. The molecule has 1 saturated heterocycles. The lowest BCUT2D eigenvalue weighted by atomic mass is 9.84. The predicted octanol–water partition coefficient (Wildman–Crippen LogP) is 0.991. The molecule has 0 atom stereocenters. The summed E-state index contributed by atoms with van der Waals surface area (Å²) in [5.41, 5.74) is 4.64. The Bertz CT molecular complexity index is 385. The molecule has 0 aromatic carbocycles. The van der Waals surface area contributed by atoms with E-state index in [0.29, 0.717) is 19.5 Å². The van der Waals surface area contributed by atoms with Gasteiger partial charge in [-0.3, -0.25) is 14.4 Å². The molecule has 1 fully saturated rings. The standard InChI is InChI=1S/C14H24N2O4/c1-14(2,9-13(19)20)8-12(18)16-5-3-10(4-6-16)7-11(15)17/h10H,3-9H2,1-2H3,(H2,15,17)(H,19,20). The minimum absolute atomic E-state index is 0.00576. The Morgan fingerprint density at radius 1 is 1.20 bits per heavy atom. The van der Waals surface area contributed by atoms with E-state index < -0.39 is 11.4 Å². The summed E-state index contributed by atoms with van der Waals surface area (Å²) >= 11 is 0. The fraction of sp³-hybridized carbons (Fsp3) is 0.786. The monoisotopic (exact) mass is 284 g/mol. The van der Waals surface area contributed by atoms with E-state index in [1.165, 1.54) is 0 Å². The van der Waals surface area contributed by atoms with Gasteiger partial charge in [-0.15, -0.1) is 0 Å². The van der Waals surface area contributed by atoms with Crippen LogP contribution in [0.1, 0.15) is 46.0 Å². The second-order valence-electron chi connectivity index (χ2n) is 6.41. The Hall–Kier alpha value is -1.59. The number of likely N-dealkylation sites (tertiary alicyclic amines) is 1. The molecule has 1 aliphatic heterocycles. The molecule has 0 unspecified atom stereocenters. The van der Waals surface area contributed by atoms with Crippen LogP contribution in [0.15, 0.2) is 0 Å². The fourth-order valence-corrected chi connectivity index (χ4v) is 2.66. The lowest BCUT2D eigenvalue weighted by molar-refractivity contribution is -0.141. The lowest BCUT2D eigenvalue weighted by Crippen LogP contribution is -2.41. The first-order valence-corrected chi connectivity index (χ1v) is 6.97. The van der Waals surface area contributed by atoms with Gasteiger partial charge in [-0.25, -0.2) is 0 Å². The van der Waals surface area contributed by atoms with Gasteiger partial charge in [-0.2, -0.15) is 0 Å². The number of primary amides is 1. The van der Waals surface area contributed by atoms with Crippen LogP contribution in [0.2, 0.25) is 0 Å². The fourth-order valence-electron chi connectivity index (χ4n) is 2.66. The first-order valence-electron chi connectivity index (χ1n) is 6.97. The van der Waals surface area contributed by atoms with E-state index in [9.17, 15) is 14.4 Å². The van der Waals surface area contributed by atoms with Crippen LogP contribution >= 0.6 is 0 Å². The Kier molecular flexibility index (Phi) is 5.53. The predicted molar refractivity (Wildman–Crippen MR) is 73.8 cm³/mol. The second kappa shape index (κ2) is 6.72. The summed E-state index contributed by atoms with van der Waals surface area (Å²) in [4.78, 5) is 35.5. The van der Waals surface area contributed by atoms with Crippen molar-refractivity contribution < 1.29 is 19.5 Å². The van der Waals surface area contributed by atoms with Gasteiger partial charge in [0, 0.05) is 25.9 Å². The zero-order valence-electron chi connectivity index (χ0n) is 12.2. The van der Waals surface area contributed by atoms with E-state index in [2.05, 4.69) is 0 Å². The molecule has 6 nitrogen and oxygen atoms in total. The maximum atomic E-state index is 12.2. The average Bonchev–Trinajstić information content (AvgIpc) is 2.26. The molecule has 114 valence electrons. The third-order valence-corrected chi connectivity index (χ3v) is 3.72. The highest BCUT2D eigenvalue weighted by molar-refractivity contribution is 5.78. The number of piperidine rings is 1. The molecule has 0 aromatic rings. The maximum absolute atomic E-state index is 12.2. The number of hydrogen-bond acceptors (Lipinski definition) is 3. The topological polar surface area (TPSA) is 101 Å². The van der Waals surface area contributed by atoms with Crippen LogP contribution in [0.25, 0.3) is 0 Å². The van der Waals surface area contributed by atoms with Gasteiger partial charge < -0.3 is 15.7 Å². The van der Waals surface area contributed by atoms with Crippen molar-refractivity contribution in [3.05, 3.63) is 0 Å². The minimum Gasteiger partial charge on any atom is -0.481 e. The molecule has 0 spiro atoms. The van der Waals surface area contributed by atoms with Gasteiger partial charge in [0.15, 0.2) is 0 Å². The van der Waals surface area contributed by atoms with E-state index in [0.717, 1.165) is 12.8 Å². The Balaban J connectivity index is 2.43. The van der Waals surface area contributed by atoms with Crippen molar-refractivity contribution in [1.29, 1.82) is 0 Å². The molecular formula is C14H24N2O4. The summed E-state index contributed by atoms with van der Waals surface area (Å²) in [6, 6.07) is 0. The lowest BCUT2D eigenvalue weighted by Gasteiger charge is -2.33. The van der Waals surface area contributed by atoms with Gasteiger partial charge in [-0.1, -0.05) is 13.8 Å². The van der Waals surface area contributed by atoms with Crippen molar-refractivity contribution in [3.63, 3.8) is 0 Å². The number of aliphatic carboxylic acids is 1. The van der Waals surface area contributed by atoms with E-state index in [4.69, 9.17) is 10.8 Å². The van der Waals surface area contributed by atoms with Crippen molar-refractivity contribution in [3.8, 4) is 0 Å². The third-order valence-electron chi connectivity index (χ3n) is 3.72. The molecule has 0 saturated carbocycles. The molecule has 0 radical (unpaired) electrons. The molecule has 0 bridgehead atoms. The summed E-state index contributed by atoms with van der Waals surface area (Å²) < 4.78 is 0. The summed E-state index contributed by atoms with van der Waals surface area (Å²) in [5.74, 6) is -0.919. The van der Waals surface area contributed by atoms with Gasteiger partial charge in [-0.05, 0) is 24.2 Å². The number of nitrogens with zero attached hydrogens (tertiary/aromatic N) is 1. The molecule has 20 heavy (non-hydrogen) atoms. The van der Waals surface area contributed by atoms with Crippen LogP contribution in [0.3, 0.4) is 0 Å². The summed E-state index contributed by atoms with van der Waals surface area (Å²) in [6.45, 7) is 4.83. The van der Waals surface area contributed by atoms with Gasteiger partial charge in [0.05, 0.1) is 6.42 Å². The third kappa shape index (κ3) is 5.59. The summed E-state index contributed by atoms with van der Waals surface area (Å²) in [6.07, 6.45) is 2.17. The molecule has 0 aromatic heterocycles. The zero-order chi connectivity index (χ0) is 15.3. The van der Waals surface area contributed by atoms with Gasteiger partial charge in [0.1, 0.15) is 0 Å². The van der Waals surface area contributed by atoms with Crippen LogP contribution < -0.4 is 5.73 Å². The van der Waals surface area contributed by atoms with Crippen LogP contribution in [0, 0.1) is 11.3 Å². The van der Waals surface area contributed by atoms with E-state index in [1.807, 2.05) is 0 Å². The van der Waals surface area contributed by atoms with Gasteiger partial charge in [0.25, 0.3) is 0 Å². The largest absolute Gasteiger partial charge is 0.481 e. The number of carboxylic acids is 1. The molecule has 1 rings (SSSR count). The summed E-state index contributed by atoms with van der Waals surface area (Å²) in [5, 5.41) is 8.82. The number of rotatable bonds is 6. The first kappa shape index (κ1) is 16.5. The molecular weight excluding hydrogens is 260 g/mol. The number of carboxylic acid groups (broad SMARTS) is 1. The summed E-state index contributed by atoms with van der Waals surface area (Å²) in [7, 11) is 0. The number of carbonyl (C=O) groups excluding carboxylic acids is 2. The number of carbonyl (C=O) groups is 3. The van der Waals surface area contributed by atoms with Crippen LogP contribution in [0.5, 0.6) is 0 Å². The van der Waals surface area contributed by atoms with E-state index in [1.54, 1.807) is 18.7 Å². The highest BCUT2D eigenvalue weighted by Gasteiger charge is 2.30. The van der Waals surface area contributed by atoms with Crippen molar-refractivity contribution in [1.82, 2.24) is 4.90 Å². The number of amides is 2. The number of nitrogens with two attached hydrogens (primary N) is 1. The van der Waals surface area contributed by atoms with Crippen molar-refractivity contribution in [2.45, 2.75) is 46.0 Å². The normalized spacial score (nSPS) is 17.0. The van der Waals surface area contributed by atoms with Gasteiger partial charge >= 0.3 is 5.97 Å². The van der Waals surface area contributed by atoms with Crippen molar-refractivity contribution in [2.75, 3.05) is 13.1 Å². The van der Waals surface area contributed by atoms with Crippen molar-refractivity contribution in [2.24, 2.45) is 17.1 Å². The van der Waals surface area contributed by atoms with Crippen LogP contribution in [0.4, 0.5) is 0 Å². The highest BCUT2D eigenvalue weighted by atomic mass is 16.4. The molecule has 2 amide bonds. The second-order valence-corrected chi connectivity index (χ2v) is 6.41.